The van der Waals surface area contributed by atoms with Crippen LogP contribution < -0.4 is 5.32 Å². The molecule has 0 saturated carbocycles. The molecule has 0 unspecified atom stereocenters. The molecule has 0 aliphatic heterocycles. The second kappa shape index (κ2) is 5.96. The molecule has 2 rings (SSSR count). The molecule has 0 aliphatic rings. The Morgan fingerprint density at radius 3 is 2.81 bits per heavy atom. The van der Waals surface area contributed by atoms with Crippen LogP contribution in [0.25, 0.3) is 11.3 Å². The molecule has 0 fully saturated rings. The van der Waals surface area contributed by atoms with Crippen molar-refractivity contribution in [3.05, 3.63) is 45.6 Å². The lowest BCUT2D eigenvalue weighted by Crippen LogP contribution is -2.07. The van der Waals surface area contributed by atoms with Crippen molar-refractivity contribution >= 4 is 11.6 Å². The first kappa shape index (κ1) is 14.4. The third-order valence-electron chi connectivity index (χ3n) is 2.84. The van der Waals surface area contributed by atoms with E-state index in [0.29, 0.717) is 23.6 Å². The van der Waals surface area contributed by atoms with Crippen molar-refractivity contribution in [1.82, 2.24) is 9.97 Å². The summed E-state index contributed by atoms with van der Waals surface area (Å²) in [6, 6.07) is 8.57. The van der Waals surface area contributed by atoms with Crippen LogP contribution in [0.1, 0.15) is 18.2 Å². The first-order valence-electron chi connectivity index (χ1n) is 6.34. The van der Waals surface area contributed by atoms with Crippen LogP contribution in [0.5, 0.6) is 0 Å². The summed E-state index contributed by atoms with van der Waals surface area (Å²) in [7, 11) is 0. The summed E-state index contributed by atoms with van der Waals surface area (Å²) in [6.07, 6.45) is 0. The van der Waals surface area contributed by atoms with Crippen molar-refractivity contribution in [2.75, 3.05) is 11.9 Å². The van der Waals surface area contributed by atoms with Crippen molar-refractivity contribution in [3.63, 3.8) is 0 Å². The summed E-state index contributed by atoms with van der Waals surface area (Å²) in [4.78, 5) is 19.1. The highest BCUT2D eigenvalue weighted by atomic mass is 16.6. The quantitative estimate of drug-likeness (QED) is 0.683. The van der Waals surface area contributed by atoms with E-state index in [1.54, 1.807) is 31.2 Å². The van der Waals surface area contributed by atoms with Gasteiger partial charge in [0, 0.05) is 12.1 Å². The molecule has 1 heterocycles. The average molecular weight is 283 g/mol. The van der Waals surface area contributed by atoms with E-state index < -0.39 is 4.92 Å². The summed E-state index contributed by atoms with van der Waals surface area (Å²) in [5.41, 5.74) is 1.28. The van der Waals surface area contributed by atoms with Crippen LogP contribution >= 0.6 is 0 Å². The number of hydrogen-bond acceptors (Lipinski definition) is 6. The molecule has 1 aromatic heterocycles. The minimum atomic E-state index is -0.501. The van der Waals surface area contributed by atoms with Gasteiger partial charge in [0.05, 0.1) is 16.6 Å². The molecule has 106 valence electrons. The molecule has 0 saturated heterocycles. The lowest BCUT2D eigenvalue weighted by atomic mass is 10.1. The number of benzene rings is 1. The molecule has 7 heteroatoms. The predicted molar refractivity (Wildman–Crippen MR) is 77.7 cm³/mol. The third kappa shape index (κ3) is 2.95. The third-order valence-corrected chi connectivity index (χ3v) is 2.84. The van der Waals surface area contributed by atoms with E-state index >= 15 is 0 Å². The minimum Gasteiger partial charge on any atom is -0.354 e. The number of nitrogens with one attached hydrogen (secondary N) is 1. The van der Waals surface area contributed by atoms with Crippen LogP contribution in [0.15, 0.2) is 24.3 Å². The predicted octanol–water partition coefficient (Wildman–Crippen LogP) is 2.66. The fraction of sp³-hybridized carbons (Fsp3) is 0.214. The fourth-order valence-electron chi connectivity index (χ4n) is 1.96. The monoisotopic (exact) mass is 283 g/mol. The standard InChI is InChI=1S/C14H13N5O2/c1-3-16-14-17-9(2)13(19(20)21)12(18-14)11-6-4-5-10(7-11)8-15/h4-7H,3H2,1-2H3,(H,16,17,18). The van der Waals surface area contributed by atoms with Gasteiger partial charge in [-0.25, -0.2) is 9.97 Å². The molecule has 2 aromatic rings. The Morgan fingerprint density at radius 2 is 2.19 bits per heavy atom. The summed E-state index contributed by atoms with van der Waals surface area (Å²) in [6.45, 7) is 4.06. The normalized spacial score (nSPS) is 9.95. The number of nitrogens with zero attached hydrogens (tertiary/aromatic N) is 4. The van der Waals surface area contributed by atoms with Crippen molar-refractivity contribution in [2.45, 2.75) is 13.8 Å². The van der Waals surface area contributed by atoms with E-state index in [2.05, 4.69) is 15.3 Å². The number of aryl methyl sites for hydroxylation is 1. The maximum absolute atomic E-state index is 11.3. The first-order chi connectivity index (χ1) is 10.1. The lowest BCUT2D eigenvalue weighted by molar-refractivity contribution is -0.385. The van der Waals surface area contributed by atoms with Gasteiger partial charge in [-0.3, -0.25) is 10.1 Å². The summed E-state index contributed by atoms with van der Waals surface area (Å²) in [5, 5.41) is 23.2. The van der Waals surface area contributed by atoms with E-state index in [9.17, 15) is 10.1 Å². The lowest BCUT2D eigenvalue weighted by Gasteiger charge is -2.08. The molecular weight excluding hydrogens is 270 g/mol. The maximum atomic E-state index is 11.3. The Labute approximate surface area is 121 Å². The van der Waals surface area contributed by atoms with Gasteiger partial charge in [-0.1, -0.05) is 12.1 Å². The van der Waals surface area contributed by atoms with Gasteiger partial charge < -0.3 is 5.32 Å². The van der Waals surface area contributed by atoms with Gasteiger partial charge >= 0.3 is 5.69 Å². The molecule has 0 atom stereocenters. The Hall–Kier alpha value is -3.01. The number of nitro groups is 1. The molecule has 0 aliphatic carbocycles. The maximum Gasteiger partial charge on any atom is 0.316 e. The van der Waals surface area contributed by atoms with Crippen molar-refractivity contribution < 1.29 is 4.92 Å². The zero-order chi connectivity index (χ0) is 15.4. The molecule has 0 spiro atoms. The van der Waals surface area contributed by atoms with Crippen molar-refractivity contribution in [1.29, 1.82) is 5.26 Å². The van der Waals surface area contributed by atoms with Crippen LogP contribution in [0, 0.1) is 28.4 Å². The fourth-order valence-corrected chi connectivity index (χ4v) is 1.96. The van der Waals surface area contributed by atoms with Gasteiger partial charge in [0.15, 0.2) is 5.69 Å². The molecule has 1 N–H and O–H groups in total. The molecule has 1 aromatic carbocycles. The van der Waals surface area contributed by atoms with Gasteiger partial charge in [0.2, 0.25) is 5.95 Å². The molecule has 7 nitrogen and oxygen atoms in total. The summed E-state index contributed by atoms with van der Waals surface area (Å²) in [5.74, 6) is 0.331. The highest BCUT2D eigenvalue weighted by molar-refractivity contribution is 5.72. The largest absolute Gasteiger partial charge is 0.354 e. The molecule has 0 amide bonds. The van der Waals surface area contributed by atoms with Gasteiger partial charge in [-0.2, -0.15) is 5.26 Å². The number of hydrogen-bond donors (Lipinski definition) is 1. The van der Waals surface area contributed by atoms with E-state index in [0.717, 1.165) is 0 Å². The van der Waals surface area contributed by atoms with Crippen LogP contribution in [0.2, 0.25) is 0 Å². The van der Waals surface area contributed by atoms with Crippen molar-refractivity contribution in [3.8, 4) is 17.3 Å². The van der Waals surface area contributed by atoms with E-state index in [1.165, 1.54) is 0 Å². The number of aromatic nitrogens is 2. The number of nitriles is 1. The van der Waals surface area contributed by atoms with Crippen molar-refractivity contribution in [2.24, 2.45) is 0 Å². The zero-order valence-electron chi connectivity index (χ0n) is 11.6. The minimum absolute atomic E-state index is 0.147. The molecular formula is C14H13N5O2. The van der Waals surface area contributed by atoms with Gasteiger partial charge in [0.1, 0.15) is 5.69 Å². The Bertz CT molecular complexity index is 737. The number of anilines is 1. The summed E-state index contributed by atoms with van der Waals surface area (Å²) < 4.78 is 0. The molecule has 0 radical (unpaired) electrons. The van der Waals surface area contributed by atoms with Gasteiger partial charge in [0.25, 0.3) is 0 Å². The Balaban J connectivity index is 2.69. The summed E-state index contributed by atoms with van der Waals surface area (Å²) >= 11 is 0. The highest BCUT2D eigenvalue weighted by Crippen LogP contribution is 2.31. The SMILES string of the molecule is CCNc1nc(C)c([N+](=O)[O-])c(-c2cccc(C#N)c2)n1. The van der Waals surface area contributed by atoms with Gasteiger partial charge in [-0.05, 0) is 26.0 Å². The Morgan fingerprint density at radius 1 is 1.43 bits per heavy atom. The van der Waals surface area contributed by atoms with Gasteiger partial charge in [-0.15, -0.1) is 0 Å². The van der Waals surface area contributed by atoms with Crippen LogP contribution in [-0.2, 0) is 0 Å². The topological polar surface area (TPSA) is 105 Å². The number of rotatable bonds is 4. The van der Waals surface area contributed by atoms with Crippen LogP contribution in [0.4, 0.5) is 11.6 Å². The highest BCUT2D eigenvalue weighted by Gasteiger charge is 2.23. The van der Waals surface area contributed by atoms with E-state index in [1.807, 2.05) is 13.0 Å². The smallest absolute Gasteiger partial charge is 0.316 e. The van der Waals surface area contributed by atoms with Crippen LogP contribution in [0.3, 0.4) is 0 Å². The van der Waals surface area contributed by atoms with Crippen LogP contribution in [-0.4, -0.2) is 21.4 Å². The van der Waals surface area contributed by atoms with E-state index in [-0.39, 0.29) is 17.1 Å². The first-order valence-corrected chi connectivity index (χ1v) is 6.34. The molecule has 21 heavy (non-hydrogen) atoms. The second-order valence-electron chi connectivity index (χ2n) is 4.31. The van der Waals surface area contributed by atoms with E-state index in [4.69, 9.17) is 5.26 Å². The second-order valence-corrected chi connectivity index (χ2v) is 4.31. The zero-order valence-corrected chi connectivity index (χ0v) is 11.6. The molecule has 0 bridgehead atoms. The average Bonchev–Trinajstić information content (AvgIpc) is 2.46. The Kier molecular flexibility index (Phi) is 4.09.